The zero-order chi connectivity index (χ0) is 20.4. The molecule has 1 unspecified atom stereocenters. The first kappa shape index (κ1) is 21.9. The maximum absolute atomic E-state index is 13.2. The summed E-state index contributed by atoms with van der Waals surface area (Å²) in [7, 11) is 1.60. The SMILES string of the molecule is C.Cc1cc(Oc2ncccc2OC(C)F)ccc1-c1c(C)c(=O)[nH]c(=O)n1C. The second-order valence-electron chi connectivity index (χ2n) is 6.34. The van der Waals surface area contributed by atoms with E-state index in [-0.39, 0.29) is 19.1 Å². The number of hydrogen-bond acceptors (Lipinski definition) is 5. The molecule has 3 aromatic rings. The average Bonchev–Trinajstić information content (AvgIpc) is 2.63. The van der Waals surface area contributed by atoms with Crippen LogP contribution in [0.25, 0.3) is 11.3 Å². The van der Waals surface area contributed by atoms with Gasteiger partial charge in [-0.2, -0.15) is 0 Å². The third kappa shape index (κ3) is 4.53. The number of nitrogens with zero attached hydrogens (tertiary/aromatic N) is 2. The Labute approximate surface area is 167 Å². The number of aryl methyl sites for hydroxylation is 1. The summed E-state index contributed by atoms with van der Waals surface area (Å²) in [6.07, 6.45) is 0.0120. The number of hydrogen-bond donors (Lipinski definition) is 1. The molecule has 0 spiro atoms. The Morgan fingerprint density at radius 3 is 2.59 bits per heavy atom. The van der Waals surface area contributed by atoms with Gasteiger partial charge in [-0.05, 0) is 49.7 Å². The van der Waals surface area contributed by atoms with Crippen LogP contribution in [0.5, 0.6) is 17.4 Å². The minimum absolute atomic E-state index is 0. The van der Waals surface area contributed by atoms with Crippen molar-refractivity contribution in [3.05, 3.63) is 68.5 Å². The molecule has 0 bridgehead atoms. The molecule has 0 aliphatic carbocycles. The summed E-state index contributed by atoms with van der Waals surface area (Å²) in [5, 5.41) is 0. The molecule has 3 rings (SSSR count). The molecule has 0 radical (unpaired) electrons. The van der Waals surface area contributed by atoms with E-state index in [0.29, 0.717) is 17.0 Å². The van der Waals surface area contributed by atoms with Crippen LogP contribution in [0.4, 0.5) is 4.39 Å². The molecular formula is C21H24FN3O4. The van der Waals surface area contributed by atoms with E-state index >= 15 is 0 Å². The molecule has 0 fully saturated rings. The highest BCUT2D eigenvalue weighted by molar-refractivity contribution is 5.67. The Morgan fingerprint density at radius 2 is 1.93 bits per heavy atom. The van der Waals surface area contributed by atoms with E-state index < -0.39 is 17.6 Å². The summed E-state index contributed by atoms with van der Waals surface area (Å²) < 4.78 is 25.4. The van der Waals surface area contributed by atoms with Crippen molar-refractivity contribution in [2.24, 2.45) is 7.05 Å². The summed E-state index contributed by atoms with van der Waals surface area (Å²) in [5.41, 5.74) is 1.58. The minimum Gasteiger partial charge on any atom is -0.455 e. The van der Waals surface area contributed by atoms with Gasteiger partial charge in [-0.15, -0.1) is 0 Å². The fourth-order valence-electron chi connectivity index (χ4n) is 2.91. The number of aromatic amines is 1. The minimum atomic E-state index is -1.50. The fourth-order valence-corrected chi connectivity index (χ4v) is 2.91. The first-order valence-corrected chi connectivity index (χ1v) is 8.62. The highest BCUT2D eigenvalue weighted by Crippen LogP contribution is 2.32. The zero-order valence-electron chi connectivity index (χ0n) is 15.9. The Bertz CT molecular complexity index is 1100. The van der Waals surface area contributed by atoms with Crippen LogP contribution in [-0.4, -0.2) is 20.9 Å². The molecule has 29 heavy (non-hydrogen) atoms. The molecule has 0 aliphatic rings. The monoisotopic (exact) mass is 401 g/mol. The van der Waals surface area contributed by atoms with Crippen molar-refractivity contribution in [1.82, 2.24) is 14.5 Å². The normalized spacial score (nSPS) is 11.5. The number of aromatic nitrogens is 3. The number of halogens is 1. The first-order valence-electron chi connectivity index (χ1n) is 8.62. The lowest BCUT2D eigenvalue weighted by atomic mass is 10.0. The number of nitrogens with one attached hydrogen (secondary N) is 1. The Morgan fingerprint density at radius 1 is 1.21 bits per heavy atom. The van der Waals surface area contributed by atoms with Crippen LogP contribution in [-0.2, 0) is 7.05 Å². The molecule has 2 aromatic heterocycles. The van der Waals surface area contributed by atoms with Gasteiger partial charge in [0.1, 0.15) is 5.75 Å². The van der Waals surface area contributed by atoms with Crippen LogP contribution < -0.4 is 20.7 Å². The molecule has 0 saturated carbocycles. The Hall–Kier alpha value is -3.42. The van der Waals surface area contributed by atoms with Gasteiger partial charge in [-0.1, -0.05) is 7.43 Å². The highest BCUT2D eigenvalue weighted by atomic mass is 19.1. The van der Waals surface area contributed by atoms with Gasteiger partial charge < -0.3 is 9.47 Å². The predicted octanol–water partition coefficient (Wildman–Crippen LogP) is 3.88. The van der Waals surface area contributed by atoms with Gasteiger partial charge in [0.05, 0.1) is 5.69 Å². The van der Waals surface area contributed by atoms with Gasteiger partial charge in [0.15, 0.2) is 5.75 Å². The summed E-state index contributed by atoms with van der Waals surface area (Å²) >= 11 is 0. The van der Waals surface area contributed by atoms with E-state index in [1.165, 1.54) is 17.7 Å². The second-order valence-corrected chi connectivity index (χ2v) is 6.34. The molecule has 0 saturated heterocycles. The highest BCUT2D eigenvalue weighted by Gasteiger charge is 2.15. The van der Waals surface area contributed by atoms with Crippen molar-refractivity contribution in [3.63, 3.8) is 0 Å². The number of benzene rings is 1. The van der Waals surface area contributed by atoms with Crippen molar-refractivity contribution in [3.8, 4) is 28.6 Å². The Balaban J connectivity index is 0.00000300. The topological polar surface area (TPSA) is 86.2 Å². The van der Waals surface area contributed by atoms with Gasteiger partial charge in [0, 0.05) is 31.3 Å². The average molecular weight is 401 g/mol. The molecule has 7 nitrogen and oxygen atoms in total. The molecule has 2 heterocycles. The van der Waals surface area contributed by atoms with Gasteiger partial charge in [0.2, 0.25) is 6.36 Å². The van der Waals surface area contributed by atoms with Gasteiger partial charge in [0.25, 0.3) is 11.4 Å². The van der Waals surface area contributed by atoms with Crippen LogP contribution in [0.15, 0.2) is 46.1 Å². The number of alkyl halides is 1. The molecule has 8 heteroatoms. The quantitative estimate of drug-likeness (QED) is 0.701. The lowest BCUT2D eigenvalue weighted by Crippen LogP contribution is -2.31. The third-order valence-corrected chi connectivity index (χ3v) is 4.25. The van der Waals surface area contributed by atoms with Crippen LogP contribution in [0.3, 0.4) is 0 Å². The standard InChI is InChI=1S/C20H20FN3O4.CH4/c1-11-10-14(28-19-16(27-13(3)21)6-5-9-22-19)7-8-15(11)17-12(2)18(25)23-20(26)24(17)4;/h5-10,13H,1-4H3,(H,23,25,26);1H4. The van der Waals surface area contributed by atoms with Crippen molar-refractivity contribution >= 4 is 0 Å². The smallest absolute Gasteiger partial charge is 0.328 e. The summed E-state index contributed by atoms with van der Waals surface area (Å²) in [6.45, 7) is 4.77. The maximum Gasteiger partial charge on any atom is 0.328 e. The predicted molar refractivity (Wildman–Crippen MR) is 109 cm³/mol. The summed E-state index contributed by atoms with van der Waals surface area (Å²) in [6, 6.07) is 8.37. The summed E-state index contributed by atoms with van der Waals surface area (Å²) in [4.78, 5) is 30.3. The van der Waals surface area contributed by atoms with E-state index in [0.717, 1.165) is 11.1 Å². The molecule has 0 aliphatic heterocycles. The van der Waals surface area contributed by atoms with E-state index in [4.69, 9.17) is 9.47 Å². The third-order valence-electron chi connectivity index (χ3n) is 4.25. The van der Waals surface area contributed by atoms with Crippen LogP contribution in [0.1, 0.15) is 25.5 Å². The van der Waals surface area contributed by atoms with Crippen molar-refractivity contribution in [2.75, 3.05) is 0 Å². The van der Waals surface area contributed by atoms with E-state index in [2.05, 4.69) is 9.97 Å². The molecule has 1 aromatic carbocycles. The van der Waals surface area contributed by atoms with Crippen LogP contribution in [0.2, 0.25) is 0 Å². The lowest BCUT2D eigenvalue weighted by molar-refractivity contribution is 0.0825. The second kappa shape index (κ2) is 8.72. The maximum atomic E-state index is 13.2. The molecule has 1 N–H and O–H groups in total. The molecule has 154 valence electrons. The number of H-pyrrole nitrogens is 1. The largest absolute Gasteiger partial charge is 0.455 e. The van der Waals surface area contributed by atoms with Crippen molar-refractivity contribution in [2.45, 2.75) is 34.6 Å². The van der Waals surface area contributed by atoms with E-state index in [9.17, 15) is 14.0 Å². The number of pyridine rings is 1. The molecule has 0 amide bonds. The number of ether oxygens (including phenoxy) is 2. The van der Waals surface area contributed by atoms with E-state index in [1.807, 2.05) is 6.92 Å². The van der Waals surface area contributed by atoms with Gasteiger partial charge in [-0.25, -0.2) is 14.2 Å². The van der Waals surface area contributed by atoms with Crippen LogP contribution >= 0.6 is 0 Å². The van der Waals surface area contributed by atoms with Crippen molar-refractivity contribution in [1.29, 1.82) is 0 Å². The molecule has 1 atom stereocenters. The fraction of sp³-hybridized carbons (Fsp3) is 0.286. The number of rotatable bonds is 5. The van der Waals surface area contributed by atoms with Crippen LogP contribution in [0, 0.1) is 13.8 Å². The van der Waals surface area contributed by atoms with Gasteiger partial charge >= 0.3 is 5.69 Å². The van der Waals surface area contributed by atoms with Crippen molar-refractivity contribution < 1.29 is 13.9 Å². The first-order chi connectivity index (χ1) is 13.3. The van der Waals surface area contributed by atoms with E-state index in [1.54, 1.807) is 44.3 Å². The Kier molecular flexibility index (Phi) is 6.58. The lowest BCUT2D eigenvalue weighted by Gasteiger charge is -2.15. The zero-order valence-corrected chi connectivity index (χ0v) is 15.9. The molecular weight excluding hydrogens is 377 g/mol. The summed E-state index contributed by atoms with van der Waals surface area (Å²) in [5.74, 6) is 0.787. The van der Waals surface area contributed by atoms with Gasteiger partial charge in [-0.3, -0.25) is 14.3 Å².